The Hall–Kier alpha value is -3.00. The largest absolute Gasteiger partial charge is 0.488 e. The third-order valence-corrected chi connectivity index (χ3v) is 3.62. The van der Waals surface area contributed by atoms with E-state index in [0.29, 0.717) is 17.2 Å². The van der Waals surface area contributed by atoms with Crippen molar-refractivity contribution >= 4 is 11.6 Å². The number of aliphatic hydroxyl groups is 1. The molecule has 0 radical (unpaired) electrons. The van der Waals surface area contributed by atoms with Crippen LogP contribution in [0.1, 0.15) is 12.5 Å². The molecule has 2 heterocycles. The second-order valence-corrected chi connectivity index (χ2v) is 6.06. The molecule has 2 N–H and O–H groups in total. The molecule has 8 heteroatoms. The zero-order valence-corrected chi connectivity index (χ0v) is 14.8. The third-order valence-electron chi connectivity index (χ3n) is 3.62. The average Bonchev–Trinajstić information content (AvgIpc) is 3.00. The molecule has 0 aliphatic rings. The van der Waals surface area contributed by atoms with Gasteiger partial charge in [-0.15, -0.1) is 0 Å². The fraction of sp³-hybridized carbons (Fsp3) is 0.278. The van der Waals surface area contributed by atoms with Crippen LogP contribution >= 0.6 is 0 Å². The van der Waals surface area contributed by atoms with Crippen molar-refractivity contribution in [2.75, 3.05) is 11.9 Å². The van der Waals surface area contributed by atoms with Crippen LogP contribution in [0.2, 0.25) is 0 Å². The number of anilines is 2. The topological polar surface area (TPSA) is 85.1 Å². The molecule has 3 rings (SSSR count). The van der Waals surface area contributed by atoms with Gasteiger partial charge in [0, 0.05) is 25.0 Å². The maximum atomic E-state index is 14.3. The second-order valence-electron chi connectivity index (χ2n) is 6.06. The Morgan fingerprint density at radius 1 is 1.35 bits per heavy atom. The van der Waals surface area contributed by atoms with Gasteiger partial charge in [0.25, 0.3) is 0 Å². The molecule has 26 heavy (non-hydrogen) atoms. The number of nitrogens with zero attached hydrogens (tertiary/aromatic N) is 4. The van der Waals surface area contributed by atoms with E-state index in [0.717, 1.165) is 11.3 Å². The van der Waals surface area contributed by atoms with Gasteiger partial charge >= 0.3 is 0 Å². The van der Waals surface area contributed by atoms with Crippen molar-refractivity contribution in [1.82, 2.24) is 19.7 Å². The lowest BCUT2D eigenvalue weighted by atomic mass is 10.1. The Kier molecular flexibility index (Phi) is 5.13. The fourth-order valence-electron chi connectivity index (χ4n) is 2.38. The molecular formula is C18H20FN5O2. The first-order valence-corrected chi connectivity index (χ1v) is 8.12. The van der Waals surface area contributed by atoms with Crippen LogP contribution in [0.25, 0.3) is 11.3 Å². The van der Waals surface area contributed by atoms with E-state index in [1.54, 1.807) is 36.3 Å². The number of aryl methyl sites for hydroxylation is 2. The summed E-state index contributed by atoms with van der Waals surface area (Å²) in [6.07, 6.45) is 4.48. The van der Waals surface area contributed by atoms with E-state index < -0.39 is 11.9 Å². The molecule has 3 aromatic rings. The first-order chi connectivity index (χ1) is 12.4. The number of benzene rings is 1. The number of hydrogen-bond acceptors (Lipinski definition) is 6. The van der Waals surface area contributed by atoms with E-state index in [4.69, 9.17) is 4.74 Å². The highest BCUT2D eigenvalue weighted by atomic mass is 19.1. The Labute approximate surface area is 150 Å². The molecule has 0 amide bonds. The Morgan fingerprint density at radius 2 is 2.15 bits per heavy atom. The van der Waals surface area contributed by atoms with Gasteiger partial charge in [-0.25, -0.2) is 14.4 Å². The number of ether oxygens (including phenoxy) is 1. The van der Waals surface area contributed by atoms with Crippen LogP contribution in [0, 0.1) is 12.7 Å². The van der Waals surface area contributed by atoms with Gasteiger partial charge in [-0.3, -0.25) is 4.68 Å². The van der Waals surface area contributed by atoms with Gasteiger partial charge in [0.05, 0.1) is 23.7 Å². The van der Waals surface area contributed by atoms with Crippen LogP contribution in [0.5, 0.6) is 5.75 Å². The molecule has 0 aliphatic carbocycles. The van der Waals surface area contributed by atoms with Crippen molar-refractivity contribution in [2.45, 2.75) is 20.0 Å². The Morgan fingerprint density at radius 3 is 2.81 bits per heavy atom. The quantitative estimate of drug-likeness (QED) is 0.706. The predicted octanol–water partition coefficient (Wildman–Crippen LogP) is 2.83. The van der Waals surface area contributed by atoms with Crippen molar-refractivity contribution in [3.63, 3.8) is 0 Å². The molecule has 0 fully saturated rings. The summed E-state index contributed by atoms with van der Waals surface area (Å²) in [5, 5.41) is 16.4. The lowest BCUT2D eigenvalue weighted by Crippen LogP contribution is -2.13. The lowest BCUT2D eigenvalue weighted by molar-refractivity contribution is 0.120. The highest BCUT2D eigenvalue weighted by Gasteiger charge is 2.12. The van der Waals surface area contributed by atoms with Crippen LogP contribution in [0.15, 0.2) is 36.8 Å². The summed E-state index contributed by atoms with van der Waals surface area (Å²) in [4.78, 5) is 8.74. The van der Waals surface area contributed by atoms with E-state index >= 15 is 0 Å². The lowest BCUT2D eigenvalue weighted by Gasteiger charge is -2.11. The molecule has 0 unspecified atom stereocenters. The highest BCUT2D eigenvalue weighted by molar-refractivity contribution is 5.65. The van der Waals surface area contributed by atoms with Crippen molar-refractivity contribution in [1.29, 1.82) is 0 Å². The monoisotopic (exact) mass is 357 g/mol. The fourth-order valence-corrected chi connectivity index (χ4v) is 2.38. The molecule has 0 spiro atoms. The first-order valence-electron chi connectivity index (χ1n) is 8.12. The summed E-state index contributed by atoms with van der Waals surface area (Å²) in [5.41, 5.74) is 2.81. The molecule has 7 nitrogen and oxygen atoms in total. The van der Waals surface area contributed by atoms with Crippen LogP contribution in [0.4, 0.5) is 16.0 Å². The molecular weight excluding hydrogens is 337 g/mol. The average molecular weight is 357 g/mol. The molecule has 2 aromatic heterocycles. The second kappa shape index (κ2) is 7.49. The highest BCUT2D eigenvalue weighted by Crippen LogP contribution is 2.27. The normalized spacial score (nSPS) is 12.0. The van der Waals surface area contributed by atoms with Crippen molar-refractivity contribution < 1.29 is 14.2 Å². The molecule has 0 saturated heterocycles. The number of rotatable bonds is 6. The van der Waals surface area contributed by atoms with Gasteiger partial charge < -0.3 is 15.2 Å². The minimum absolute atomic E-state index is 0.0297. The van der Waals surface area contributed by atoms with Crippen molar-refractivity contribution in [3.05, 3.63) is 48.2 Å². The van der Waals surface area contributed by atoms with E-state index in [2.05, 4.69) is 20.4 Å². The third kappa shape index (κ3) is 4.15. The smallest absolute Gasteiger partial charge is 0.227 e. The number of aromatic nitrogens is 4. The van der Waals surface area contributed by atoms with Gasteiger partial charge in [0.15, 0.2) is 11.6 Å². The van der Waals surface area contributed by atoms with Gasteiger partial charge in [-0.2, -0.15) is 5.10 Å². The molecule has 1 aromatic carbocycles. The Balaban J connectivity index is 1.86. The SMILES string of the molecule is Cc1cnc(Nc2cnn(C)c2)nc1-c1ccc(OC[C@H](C)O)c(F)c1. The summed E-state index contributed by atoms with van der Waals surface area (Å²) in [7, 11) is 1.82. The van der Waals surface area contributed by atoms with Crippen molar-refractivity contribution in [2.24, 2.45) is 7.05 Å². The van der Waals surface area contributed by atoms with E-state index in [-0.39, 0.29) is 12.4 Å². The zero-order chi connectivity index (χ0) is 18.7. The van der Waals surface area contributed by atoms with Crippen LogP contribution in [0.3, 0.4) is 0 Å². The molecule has 1 atom stereocenters. The standard InChI is InChI=1S/C18H20FN5O2/c1-11-7-20-18(22-14-8-21-24(3)9-14)23-17(11)13-4-5-16(15(19)6-13)26-10-12(2)25/h4-9,12,25H,10H2,1-3H3,(H,20,22,23)/t12-/m0/s1. The maximum Gasteiger partial charge on any atom is 0.227 e. The predicted molar refractivity (Wildman–Crippen MR) is 95.8 cm³/mol. The zero-order valence-electron chi connectivity index (χ0n) is 14.8. The molecule has 0 aliphatic heterocycles. The van der Waals surface area contributed by atoms with E-state index in [9.17, 15) is 9.50 Å². The van der Waals surface area contributed by atoms with Crippen LogP contribution in [-0.2, 0) is 7.05 Å². The van der Waals surface area contributed by atoms with Gasteiger partial charge in [-0.05, 0) is 37.6 Å². The molecule has 0 bridgehead atoms. The van der Waals surface area contributed by atoms with Gasteiger partial charge in [0.2, 0.25) is 5.95 Å². The number of halogens is 1. The van der Waals surface area contributed by atoms with Gasteiger partial charge in [-0.1, -0.05) is 0 Å². The molecule has 136 valence electrons. The van der Waals surface area contributed by atoms with Gasteiger partial charge in [0.1, 0.15) is 6.61 Å². The summed E-state index contributed by atoms with van der Waals surface area (Å²) in [6, 6.07) is 4.62. The first kappa shape index (κ1) is 17.8. The van der Waals surface area contributed by atoms with E-state index in [1.807, 2.05) is 14.0 Å². The Bertz CT molecular complexity index is 910. The summed E-state index contributed by atoms with van der Waals surface area (Å²) >= 11 is 0. The maximum absolute atomic E-state index is 14.3. The van der Waals surface area contributed by atoms with Crippen LogP contribution in [-0.4, -0.2) is 37.6 Å². The summed E-state index contributed by atoms with van der Waals surface area (Å²) in [5.74, 6) is -0.0218. The minimum atomic E-state index is -0.667. The van der Waals surface area contributed by atoms with Crippen molar-refractivity contribution in [3.8, 4) is 17.0 Å². The van der Waals surface area contributed by atoms with E-state index in [1.165, 1.54) is 12.1 Å². The molecule has 0 saturated carbocycles. The van der Waals surface area contributed by atoms with Crippen LogP contribution < -0.4 is 10.1 Å². The number of hydrogen-bond donors (Lipinski definition) is 2. The number of nitrogens with one attached hydrogen (secondary N) is 1. The minimum Gasteiger partial charge on any atom is -0.488 e. The number of aliphatic hydroxyl groups excluding tert-OH is 1. The summed E-state index contributed by atoms with van der Waals surface area (Å²) < 4.78 is 21.2. The summed E-state index contributed by atoms with van der Waals surface area (Å²) in [6.45, 7) is 3.47.